The lowest BCUT2D eigenvalue weighted by Crippen LogP contribution is -2.09. The van der Waals surface area contributed by atoms with Gasteiger partial charge in [-0.25, -0.2) is 0 Å². The molecule has 1 aromatic rings. The smallest absolute Gasteiger partial charge is 0.170 e. The van der Waals surface area contributed by atoms with Gasteiger partial charge >= 0.3 is 0 Å². The molecule has 1 aliphatic heterocycles. The van der Waals surface area contributed by atoms with Crippen LogP contribution in [0.1, 0.15) is 42.1 Å². The van der Waals surface area contributed by atoms with Crippen molar-refractivity contribution in [1.82, 2.24) is 0 Å². The van der Waals surface area contributed by atoms with Gasteiger partial charge in [-0.1, -0.05) is 26.0 Å². The molecular formula is C12H13NO. The molecule has 0 fully saturated rings. The van der Waals surface area contributed by atoms with E-state index in [1.807, 2.05) is 18.2 Å². The Labute approximate surface area is 83.7 Å². The van der Waals surface area contributed by atoms with Crippen molar-refractivity contribution in [3.8, 4) is 0 Å². The zero-order chi connectivity index (χ0) is 10.1. The molecule has 1 heterocycles. The van der Waals surface area contributed by atoms with Crippen molar-refractivity contribution in [3.63, 3.8) is 0 Å². The van der Waals surface area contributed by atoms with E-state index in [9.17, 15) is 4.79 Å². The van der Waals surface area contributed by atoms with Crippen LogP contribution in [0, 0.1) is 0 Å². The fraction of sp³-hybridized carbons (Fsp3) is 0.333. The van der Waals surface area contributed by atoms with Crippen LogP contribution in [-0.2, 0) is 0 Å². The Hall–Kier alpha value is -1.44. The van der Waals surface area contributed by atoms with Gasteiger partial charge in [-0.05, 0) is 17.5 Å². The molecule has 0 N–H and O–H groups in total. The van der Waals surface area contributed by atoms with Crippen LogP contribution < -0.4 is 0 Å². The molecule has 14 heavy (non-hydrogen) atoms. The standard InChI is InChI=1S/C12H13NO/c1-8(2)9-4-3-5-10-12(9)11(14)6-7-13-10/h3-5,7-8H,6H2,1-2H3. The van der Waals surface area contributed by atoms with Gasteiger partial charge in [0.25, 0.3) is 0 Å². The molecule has 2 heteroatoms. The van der Waals surface area contributed by atoms with E-state index < -0.39 is 0 Å². The molecule has 2 nitrogen and oxygen atoms in total. The van der Waals surface area contributed by atoms with Crippen molar-refractivity contribution in [2.24, 2.45) is 4.99 Å². The minimum atomic E-state index is 0.194. The predicted octanol–water partition coefficient (Wildman–Crippen LogP) is 3.10. The Morgan fingerprint density at radius 2 is 2.14 bits per heavy atom. The number of aliphatic imine (C=N–C) groups is 1. The minimum absolute atomic E-state index is 0.194. The molecule has 0 amide bonds. The first-order chi connectivity index (χ1) is 6.70. The van der Waals surface area contributed by atoms with Gasteiger partial charge in [0.2, 0.25) is 0 Å². The minimum Gasteiger partial charge on any atom is -0.294 e. The Morgan fingerprint density at radius 1 is 1.36 bits per heavy atom. The molecule has 0 saturated carbocycles. The van der Waals surface area contributed by atoms with Crippen LogP contribution in [0.15, 0.2) is 23.2 Å². The Morgan fingerprint density at radius 3 is 2.86 bits per heavy atom. The van der Waals surface area contributed by atoms with Crippen molar-refractivity contribution in [1.29, 1.82) is 0 Å². The Balaban J connectivity index is 2.64. The average Bonchev–Trinajstić information content (AvgIpc) is 2.17. The van der Waals surface area contributed by atoms with Crippen molar-refractivity contribution < 1.29 is 4.79 Å². The van der Waals surface area contributed by atoms with Gasteiger partial charge in [0.05, 0.1) is 5.69 Å². The number of nitrogens with zero attached hydrogens (tertiary/aromatic N) is 1. The lowest BCUT2D eigenvalue weighted by molar-refractivity contribution is 0.1000. The fourth-order valence-electron chi connectivity index (χ4n) is 1.78. The van der Waals surface area contributed by atoms with Crippen LogP contribution >= 0.6 is 0 Å². The van der Waals surface area contributed by atoms with Crippen LogP contribution in [0.4, 0.5) is 5.69 Å². The quantitative estimate of drug-likeness (QED) is 0.664. The highest BCUT2D eigenvalue weighted by molar-refractivity contribution is 6.11. The van der Waals surface area contributed by atoms with Gasteiger partial charge in [0.1, 0.15) is 0 Å². The first-order valence-electron chi connectivity index (χ1n) is 4.89. The maximum Gasteiger partial charge on any atom is 0.170 e. The van der Waals surface area contributed by atoms with Gasteiger partial charge in [-0.15, -0.1) is 0 Å². The van der Waals surface area contributed by atoms with Crippen LogP contribution in [0.3, 0.4) is 0 Å². The molecule has 1 aromatic carbocycles. The van der Waals surface area contributed by atoms with E-state index in [1.54, 1.807) is 6.21 Å². The predicted molar refractivity (Wildman–Crippen MR) is 57.6 cm³/mol. The van der Waals surface area contributed by atoms with E-state index in [2.05, 4.69) is 18.8 Å². The molecular weight excluding hydrogens is 174 g/mol. The second-order valence-electron chi connectivity index (χ2n) is 3.84. The lowest BCUT2D eigenvalue weighted by atomic mass is 9.91. The summed E-state index contributed by atoms with van der Waals surface area (Å²) in [7, 11) is 0. The lowest BCUT2D eigenvalue weighted by Gasteiger charge is -2.15. The van der Waals surface area contributed by atoms with Gasteiger partial charge in [-0.3, -0.25) is 9.79 Å². The third-order valence-electron chi connectivity index (χ3n) is 2.48. The van der Waals surface area contributed by atoms with E-state index in [1.165, 1.54) is 0 Å². The van der Waals surface area contributed by atoms with Gasteiger partial charge in [0, 0.05) is 18.2 Å². The molecule has 0 unspecified atom stereocenters. The number of carbonyl (C=O) groups is 1. The number of benzene rings is 1. The number of Topliss-reactive ketones (excluding diaryl/α,β-unsaturated/α-hetero) is 1. The second kappa shape index (κ2) is 3.37. The summed E-state index contributed by atoms with van der Waals surface area (Å²) in [4.78, 5) is 16.0. The molecule has 0 saturated heterocycles. The van der Waals surface area contributed by atoms with Crippen molar-refractivity contribution in [2.45, 2.75) is 26.2 Å². The highest BCUT2D eigenvalue weighted by atomic mass is 16.1. The number of fused-ring (bicyclic) bond motifs is 1. The first-order valence-corrected chi connectivity index (χ1v) is 4.89. The molecule has 2 rings (SSSR count). The normalized spacial score (nSPS) is 14.6. The summed E-state index contributed by atoms with van der Waals surface area (Å²) in [6, 6.07) is 5.88. The summed E-state index contributed by atoms with van der Waals surface area (Å²) in [5.41, 5.74) is 2.77. The van der Waals surface area contributed by atoms with Gasteiger partial charge in [-0.2, -0.15) is 0 Å². The first kappa shape index (κ1) is 9.13. The monoisotopic (exact) mass is 187 g/mol. The fourth-order valence-corrected chi connectivity index (χ4v) is 1.78. The van der Waals surface area contributed by atoms with E-state index in [-0.39, 0.29) is 5.78 Å². The highest BCUT2D eigenvalue weighted by Gasteiger charge is 2.19. The topological polar surface area (TPSA) is 29.4 Å². The van der Waals surface area contributed by atoms with Crippen LogP contribution in [0.5, 0.6) is 0 Å². The molecule has 0 spiro atoms. The summed E-state index contributed by atoms with van der Waals surface area (Å²) in [6.45, 7) is 4.20. The third-order valence-corrected chi connectivity index (χ3v) is 2.48. The molecule has 72 valence electrons. The summed E-state index contributed by atoms with van der Waals surface area (Å²) < 4.78 is 0. The maximum atomic E-state index is 11.7. The number of hydrogen-bond donors (Lipinski definition) is 0. The van der Waals surface area contributed by atoms with E-state index in [0.717, 1.165) is 16.8 Å². The molecule has 0 bridgehead atoms. The molecule has 0 atom stereocenters. The largest absolute Gasteiger partial charge is 0.294 e. The number of carbonyl (C=O) groups excluding carboxylic acids is 1. The van der Waals surface area contributed by atoms with Crippen LogP contribution in [0.2, 0.25) is 0 Å². The second-order valence-corrected chi connectivity index (χ2v) is 3.84. The molecule has 0 aromatic heterocycles. The SMILES string of the molecule is CC(C)c1cccc2c1C(=O)CC=N2. The highest BCUT2D eigenvalue weighted by Crippen LogP contribution is 2.30. The number of rotatable bonds is 1. The summed E-state index contributed by atoms with van der Waals surface area (Å²) in [5.74, 6) is 0.571. The van der Waals surface area contributed by atoms with Crippen molar-refractivity contribution in [2.75, 3.05) is 0 Å². The third kappa shape index (κ3) is 1.37. The summed E-state index contributed by atoms with van der Waals surface area (Å²) in [6.07, 6.45) is 2.13. The zero-order valence-corrected chi connectivity index (χ0v) is 8.45. The molecule has 0 radical (unpaired) electrons. The van der Waals surface area contributed by atoms with Crippen molar-refractivity contribution in [3.05, 3.63) is 29.3 Å². The van der Waals surface area contributed by atoms with E-state index in [4.69, 9.17) is 0 Å². The van der Waals surface area contributed by atoms with E-state index >= 15 is 0 Å². The number of ketones is 1. The van der Waals surface area contributed by atoms with Crippen LogP contribution in [0.25, 0.3) is 0 Å². The van der Waals surface area contributed by atoms with Crippen molar-refractivity contribution >= 4 is 17.7 Å². The van der Waals surface area contributed by atoms with Gasteiger partial charge in [0.15, 0.2) is 5.78 Å². The Kier molecular flexibility index (Phi) is 2.20. The number of hydrogen-bond acceptors (Lipinski definition) is 2. The summed E-state index contributed by atoms with van der Waals surface area (Å²) >= 11 is 0. The maximum absolute atomic E-state index is 11.7. The zero-order valence-electron chi connectivity index (χ0n) is 8.45. The summed E-state index contributed by atoms with van der Waals surface area (Å²) in [5, 5.41) is 0. The van der Waals surface area contributed by atoms with E-state index in [0.29, 0.717) is 12.3 Å². The van der Waals surface area contributed by atoms with Gasteiger partial charge < -0.3 is 0 Å². The Bertz CT molecular complexity index is 405. The molecule has 1 aliphatic rings. The molecule has 0 aliphatic carbocycles. The average molecular weight is 187 g/mol. The van der Waals surface area contributed by atoms with Crippen LogP contribution in [-0.4, -0.2) is 12.0 Å².